The van der Waals surface area contributed by atoms with Gasteiger partial charge in [-0.3, -0.25) is 9.59 Å². The largest absolute Gasteiger partial charge is 0.355 e. The number of hydrogen-bond donors (Lipinski definition) is 3. The number of urea groups is 1. The number of rotatable bonds is 7. The van der Waals surface area contributed by atoms with E-state index in [9.17, 15) is 14.4 Å². The predicted octanol–water partition coefficient (Wildman–Crippen LogP) is 0.965. The Kier molecular flexibility index (Phi) is 7.59. The number of likely N-dealkylation sites (N-methyl/N-ethyl adjacent to an activating group) is 1. The van der Waals surface area contributed by atoms with Crippen LogP contribution in [0.5, 0.6) is 0 Å². The molecule has 0 saturated heterocycles. The molecular formula is C16H24N4O3. The van der Waals surface area contributed by atoms with E-state index in [0.717, 1.165) is 12.0 Å². The molecule has 0 aliphatic rings. The Morgan fingerprint density at radius 1 is 1.04 bits per heavy atom. The van der Waals surface area contributed by atoms with Crippen LogP contribution in [0.3, 0.4) is 0 Å². The van der Waals surface area contributed by atoms with E-state index in [1.807, 2.05) is 6.92 Å². The van der Waals surface area contributed by atoms with Crippen molar-refractivity contribution in [1.29, 1.82) is 0 Å². The van der Waals surface area contributed by atoms with Crippen molar-refractivity contribution < 1.29 is 14.4 Å². The third kappa shape index (κ3) is 7.30. The van der Waals surface area contributed by atoms with Crippen LogP contribution in [-0.2, 0) is 16.0 Å². The molecule has 0 saturated carbocycles. The maximum absolute atomic E-state index is 11.7. The molecule has 7 heteroatoms. The third-order valence-electron chi connectivity index (χ3n) is 3.05. The molecule has 126 valence electrons. The summed E-state index contributed by atoms with van der Waals surface area (Å²) in [5, 5.41) is 7.78. The Labute approximate surface area is 136 Å². The molecule has 0 unspecified atom stereocenters. The lowest BCUT2D eigenvalue weighted by Crippen LogP contribution is -2.39. The van der Waals surface area contributed by atoms with Gasteiger partial charge in [-0.15, -0.1) is 0 Å². The fourth-order valence-corrected chi connectivity index (χ4v) is 1.70. The maximum Gasteiger partial charge on any atom is 0.319 e. The van der Waals surface area contributed by atoms with Crippen molar-refractivity contribution in [3.05, 3.63) is 29.8 Å². The zero-order chi connectivity index (χ0) is 17.2. The Bertz CT molecular complexity index is 541. The van der Waals surface area contributed by atoms with Crippen LogP contribution in [0.25, 0.3) is 0 Å². The van der Waals surface area contributed by atoms with E-state index in [2.05, 4.69) is 16.0 Å². The number of hydrogen-bond acceptors (Lipinski definition) is 3. The molecule has 0 atom stereocenters. The van der Waals surface area contributed by atoms with Crippen LogP contribution < -0.4 is 16.0 Å². The normalized spacial score (nSPS) is 9.87. The van der Waals surface area contributed by atoms with E-state index in [-0.39, 0.29) is 18.4 Å². The number of amides is 4. The summed E-state index contributed by atoms with van der Waals surface area (Å²) in [6, 6.07) is 6.55. The van der Waals surface area contributed by atoms with Crippen LogP contribution in [0.4, 0.5) is 10.5 Å². The number of carbonyl (C=O) groups is 3. The van der Waals surface area contributed by atoms with E-state index in [0.29, 0.717) is 18.7 Å². The van der Waals surface area contributed by atoms with Crippen molar-refractivity contribution in [2.45, 2.75) is 19.8 Å². The molecule has 1 aromatic carbocycles. The minimum Gasteiger partial charge on any atom is -0.355 e. The van der Waals surface area contributed by atoms with E-state index in [1.54, 1.807) is 38.4 Å². The lowest BCUT2D eigenvalue weighted by molar-refractivity contribution is -0.128. The first-order valence-electron chi connectivity index (χ1n) is 7.53. The minimum atomic E-state index is -0.450. The van der Waals surface area contributed by atoms with Gasteiger partial charge < -0.3 is 20.9 Å². The predicted molar refractivity (Wildman–Crippen MR) is 89.2 cm³/mol. The molecule has 0 aliphatic carbocycles. The SMILES string of the molecule is CCCNC(=O)CNC(=O)Nc1ccc(CC(=O)N(C)C)cc1. The number of nitrogens with one attached hydrogen (secondary N) is 3. The molecule has 23 heavy (non-hydrogen) atoms. The molecule has 7 nitrogen and oxygen atoms in total. The second-order valence-electron chi connectivity index (χ2n) is 5.32. The topological polar surface area (TPSA) is 90.5 Å². The maximum atomic E-state index is 11.7. The Balaban J connectivity index is 2.41. The number of nitrogens with zero attached hydrogens (tertiary/aromatic N) is 1. The van der Waals surface area contributed by atoms with Gasteiger partial charge in [0.1, 0.15) is 0 Å². The van der Waals surface area contributed by atoms with E-state index in [1.165, 1.54) is 4.90 Å². The Morgan fingerprint density at radius 2 is 1.70 bits per heavy atom. The Morgan fingerprint density at radius 3 is 2.26 bits per heavy atom. The highest BCUT2D eigenvalue weighted by atomic mass is 16.2. The van der Waals surface area contributed by atoms with Crippen LogP contribution in [0.1, 0.15) is 18.9 Å². The van der Waals surface area contributed by atoms with Gasteiger partial charge in [-0.1, -0.05) is 19.1 Å². The standard InChI is InChI=1S/C16H24N4O3/c1-4-9-17-14(21)11-18-16(23)19-13-7-5-12(6-8-13)10-15(22)20(2)3/h5-8H,4,9-11H2,1-3H3,(H,17,21)(H2,18,19,23). The molecule has 0 fully saturated rings. The summed E-state index contributed by atoms with van der Waals surface area (Å²) < 4.78 is 0. The van der Waals surface area contributed by atoms with Crippen LogP contribution in [0, 0.1) is 0 Å². The average molecular weight is 320 g/mol. The van der Waals surface area contributed by atoms with Gasteiger partial charge in [-0.05, 0) is 24.1 Å². The highest BCUT2D eigenvalue weighted by Crippen LogP contribution is 2.10. The van der Waals surface area contributed by atoms with E-state index < -0.39 is 6.03 Å². The summed E-state index contributed by atoms with van der Waals surface area (Å²) in [5.41, 5.74) is 1.46. The summed E-state index contributed by atoms with van der Waals surface area (Å²) in [4.78, 5) is 36.2. The summed E-state index contributed by atoms with van der Waals surface area (Å²) in [6.45, 7) is 2.48. The second kappa shape index (κ2) is 9.45. The van der Waals surface area contributed by atoms with Gasteiger partial charge in [0.15, 0.2) is 0 Å². The lowest BCUT2D eigenvalue weighted by atomic mass is 10.1. The van der Waals surface area contributed by atoms with Crippen molar-refractivity contribution in [3.8, 4) is 0 Å². The number of carbonyl (C=O) groups excluding carboxylic acids is 3. The van der Waals surface area contributed by atoms with Gasteiger partial charge in [0, 0.05) is 26.3 Å². The third-order valence-corrected chi connectivity index (χ3v) is 3.05. The van der Waals surface area contributed by atoms with Crippen molar-refractivity contribution in [2.24, 2.45) is 0 Å². The van der Waals surface area contributed by atoms with Crippen molar-refractivity contribution in [3.63, 3.8) is 0 Å². The van der Waals surface area contributed by atoms with Crippen molar-refractivity contribution in [1.82, 2.24) is 15.5 Å². The zero-order valence-corrected chi connectivity index (χ0v) is 13.8. The monoisotopic (exact) mass is 320 g/mol. The molecule has 1 rings (SSSR count). The van der Waals surface area contributed by atoms with Gasteiger partial charge in [0.05, 0.1) is 13.0 Å². The molecule has 0 spiro atoms. The van der Waals surface area contributed by atoms with Crippen LogP contribution >= 0.6 is 0 Å². The first kappa shape index (κ1) is 18.5. The van der Waals surface area contributed by atoms with Gasteiger partial charge in [-0.2, -0.15) is 0 Å². The highest BCUT2D eigenvalue weighted by molar-refractivity contribution is 5.92. The highest BCUT2D eigenvalue weighted by Gasteiger charge is 2.07. The van der Waals surface area contributed by atoms with E-state index >= 15 is 0 Å². The number of benzene rings is 1. The van der Waals surface area contributed by atoms with Crippen LogP contribution in [0.15, 0.2) is 24.3 Å². The summed E-state index contributed by atoms with van der Waals surface area (Å²) >= 11 is 0. The first-order chi connectivity index (χ1) is 10.9. The molecule has 0 heterocycles. The fourth-order valence-electron chi connectivity index (χ4n) is 1.70. The molecule has 0 aliphatic heterocycles. The minimum absolute atomic E-state index is 0.0153. The first-order valence-corrected chi connectivity index (χ1v) is 7.53. The average Bonchev–Trinajstić information content (AvgIpc) is 2.52. The van der Waals surface area contributed by atoms with Gasteiger partial charge in [0.25, 0.3) is 0 Å². The fraction of sp³-hybridized carbons (Fsp3) is 0.438. The molecule has 3 N–H and O–H groups in total. The second-order valence-corrected chi connectivity index (χ2v) is 5.32. The summed E-state index contributed by atoms with van der Waals surface area (Å²) in [7, 11) is 3.42. The molecular weight excluding hydrogens is 296 g/mol. The smallest absolute Gasteiger partial charge is 0.319 e. The van der Waals surface area contributed by atoms with Gasteiger partial charge >= 0.3 is 6.03 Å². The van der Waals surface area contributed by atoms with Gasteiger partial charge in [-0.25, -0.2) is 4.79 Å². The molecule has 0 radical (unpaired) electrons. The van der Waals surface area contributed by atoms with Crippen LogP contribution in [0.2, 0.25) is 0 Å². The molecule has 4 amide bonds. The zero-order valence-electron chi connectivity index (χ0n) is 13.8. The van der Waals surface area contributed by atoms with Gasteiger partial charge in [0.2, 0.25) is 11.8 Å². The Hall–Kier alpha value is -2.57. The number of anilines is 1. The summed E-state index contributed by atoms with van der Waals surface area (Å²) in [5.74, 6) is -0.207. The quantitative estimate of drug-likeness (QED) is 0.699. The van der Waals surface area contributed by atoms with E-state index in [4.69, 9.17) is 0 Å². The van der Waals surface area contributed by atoms with Crippen molar-refractivity contribution in [2.75, 3.05) is 32.5 Å². The summed E-state index contributed by atoms with van der Waals surface area (Å²) in [6.07, 6.45) is 1.16. The molecule has 0 aromatic heterocycles. The van der Waals surface area contributed by atoms with Crippen molar-refractivity contribution >= 4 is 23.5 Å². The molecule has 1 aromatic rings. The van der Waals surface area contributed by atoms with Crippen LogP contribution in [-0.4, -0.2) is 49.9 Å². The lowest BCUT2D eigenvalue weighted by Gasteiger charge is -2.11. The molecule has 0 bridgehead atoms.